The van der Waals surface area contributed by atoms with Gasteiger partial charge in [-0.25, -0.2) is 0 Å². The first-order chi connectivity index (χ1) is 10.1. The summed E-state index contributed by atoms with van der Waals surface area (Å²) < 4.78 is 10.3. The van der Waals surface area contributed by atoms with Crippen LogP contribution in [0.4, 0.5) is 0 Å². The van der Waals surface area contributed by atoms with Crippen molar-refractivity contribution < 1.29 is 18.7 Å². The molecule has 0 spiro atoms. The second-order valence-electron chi connectivity index (χ2n) is 4.49. The number of hydrogen-bond acceptors (Lipinski definition) is 4. The van der Waals surface area contributed by atoms with Gasteiger partial charge < -0.3 is 9.15 Å². The van der Waals surface area contributed by atoms with Crippen LogP contribution >= 0.6 is 0 Å². The summed E-state index contributed by atoms with van der Waals surface area (Å²) in [5, 5.41) is 0. The van der Waals surface area contributed by atoms with Crippen LogP contribution in [0.15, 0.2) is 41.0 Å². The number of nitrogens with one attached hydrogen (secondary N) is 2. The lowest BCUT2D eigenvalue weighted by Gasteiger charge is -2.08. The number of rotatable bonds is 4. The summed E-state index contributed by atoms with van der Waals surface area (Å²) in [5.74, 6) is 0.181. The van der Waals surface area contributed by atoms with E-state index in [9.17, 15) is 9.59 Å². The van der Waals surface area contributed by atoms with Crippen molar-refractivity contribution in [2.45, 2.75) is 13.8 Å². The molecule has 0 unspecified atom stereocenters. The van der Waals surface area contributed by atoms with Gasteiger partial charge in [0.15, 0.2) is 6.61 Å². The molecule has 1 aromatic carbocycles. The van der Waals surface area contributed by atoms with Gasteiger partial charge in [0.05, 0.1) is 11.8 Å². The smallest absolute Gasteiger partial charge is 0.276 e. The fraction of sp³-hybridized carbons (Fsp3) is 0.200. The van der Waals surface area contributed by atoms with Crippen molar-refractivity contribution in [3.63, 3.8) is 0 Å². The molecule has 6 heteroatoms. The van der Waals surface area contributed by atoms with E-state index in [4.69, 9.17) is 9.15 Å². The number of aryl methyl sites for hydroxylation is 2. The number of carbonyl (C=O) groups excluding carboxylic acids is 2. The molecule has 2 aromatic rings. The van der Waals surface area contributed by atoms with Crippen LogP contribution in [0.2, 0.25) is 0 Å². The third-order valence-corrected chi connectivity index (χ3v) is 2.81. The summed E-state index contributed by atoms with van der Waals surface area (Å²) in [6.07, 6.45) is 1.41. The minimum Gasteiger partial charge on any atom is -0.484 e. The largest absolute Gasteiger partial charge is 0.484 e. The van der Waals surface area contributed by atoms with Crippen LogP contribution in [-0.4, -0.2) is 18.4 Å². The molecular formula is C15H16N2O4. The van der Waals surface area contributed by atoms with E-state index >= 15 is 0 Å². The number of ether oxygens (including phenoxy) is 1. The van der Waals surface area contributed by atoms with Gasteiger partial charge in [0, 0.05) is 0 Å². The van der Waals surface area contributed by atoms with Gasteiger partial charge in [-0.05, 0) is 32.0 Å². The molecule has 0 fully saturated rings. The Morgan fingerprint density at radius 2 is 1.81 bits per heavy atom. The van der Waals surface area contributed by atoms with Crippen molar-refractivity contribution in [2.75, 3.05) is 6.61 Å². The quantitative estimate of drug-likeness (QED) is 0.840. The fourth-order valence-electron chi connectivity index (χ4n) is 1.63. The van der Waals surface area contributed by atoms with Crippen molar-refractivity contribution in [3.8, 4) is 5.75 Å². The Kier molecular flexibility index (Phi) is 4.61. The van der Waals surface area contributed by atoms with Crippen LogP contribution in [0.1, 0.15) is 21.7 Å². The highest BCUT2D eigenvalue weighted by atomic mass is 16.5. The molecule has 0 radical (unpaired) electrons. The zero-order valence-corrected chi connectivity index (χ0v) is 11.8. The van der Waals surface area contributed by atoms with Gasteiger partial charge in [-0.1, -0.05) is 17.7 Å². The lowest BCUT2D eigenvalue weighted by molar-refractivity contribution is -0.123. The van der Waals surface area contributed by atoms with Gasteiger partial charge in [0.2, 0.25) is 0 Å². The molecular weight excluding hydrogens is 272 g/mol. The molecule has 0 saturated carbocycles. The van der Waals surface area contributed by atoms with E-state index < -0.39 is 11.8 Å². The monoisotopic (exact) mass is 288 g/mol. The standard InChI is InChI=1S/C15H16N2O4/c1-10-3-5-12(6-4-10)21-9-14(18)16-17-15(19)13-7-8-20-11(13)2/h3-8H,9H2,1-2H3,(H,16,18)(H,17,19). The molecule has 0 bridgehead atoms. The molecule has 21 heavy (non-hydrogen) atoms. The Bertz CT molecular complexity index is 631. The molecule has 110 valence electrons. The Labute approximate surface area is 122 Å². The third-order valence-electron chi connectivity index (χ3n) is 2.81. The number of carbonyl (C=O) groups is 2. The topological polar surface area (TPSA) is 80.6 Å². The van der Waals surface area contributed by atoms with Crippen LogP contribution in [0, 0.1) is 13.8 Å². The Morgan fingerprint density at radius 1 is 1.10 bits per heavy atom. The average molecular weight is 288 g/mol. The predicted molar refractivity (Wildman–Crippen MR) is 75.7 cm³/mol. The van der Waals surface area contributed by atoms with Gasteiger partial charge in [-0.15, -0.1) is 0 Å². The highest BCUT2D eigenvalue weighted by Crippen LogP contribution is 2.11. The van der Waals surface area contributed by atoms with Crippen LogP contribution in [0.3, 0.4) is 0 Å². The zero-order valence-electron chi connectivity index (χ0n) is 11.8. The number of amides is 2. The predicted octanol–water partition coefficient (Wildman–Crippen LogP) is 1.74. The summed E-state index contributed by atoms with van der Waals surface area (Å²) in [5.41, 5.74) is 6.04. The van der Waals surface area contributed by atoms with E-state index in [0.29, 0.717) is 17.1 Å². The van der Waals surface area contributed by atoms with E-state index in [2.05, 4.69) is 10.9 Å². The first kappa shape index (κ1) is 14.6. The molecule has 0 aliphatic rings. The lowest BCUT2D eigenvalue weighted by atomic mass is 10.2. The third kappa shape index (κ3) is 4.10. The van der Waals surface area contributed by atoms with E-state index in [0.717, 1.165) is 5.56 Å². The molecule has 0 aliphatic carbocycles. The summed E-state index contributed by atoms with van der Waals surface area (Å²) in [7, 11) is 0. The normalized spacial score (nSPS) is 10.0. The lowest BCUT2D eigenvalue weighted by Crippen LogP contribution is -2.43. The summed E-state index contributed by atoms with van der Waals surface area (Å²) in [6, 6.07) is 8.85. The van der Waals surface area contributed by atoms with E-state index in [1.54, 1.807) is 19.1 Å². The SMILES string of the molecule is Cc1ccc(OCC(=O)NNC(=O)c2ccoc2C)cc1. The molecule has 2 rings (SSSR count). The first-order valence-corrected chi connectivity index (χ1v) is 6.39. The molecule has 2 N–H and O–H groups in total. The molecule has 6 nitrogen and oxygen atoms in total. The van der Waals surface area contributed by atoms with E-state index in [-0.39, 0.29) is 6.61 Å². The Hall–Kier alpha value is -2.76. The zero-order chi connectivity index (χ0) is 15.2. The van der Waals surface area contributed by atoms with Crippen LogP contribution in [0.5, 0.6) is 5.75 Å². The van der Waals surface area contributed by atoms with Gasteiger partial charge in [0.25, 0.3) is 11.8 Å². The maximum atomic E-state index is 11.7. The van der Waals surface area contributed by atoms with Crippen LogP contribution in [0.25, 0.3) is 0 Å². The molecule has 0 saturated heterocycles. The number of hydrogen-bond donors (Lipinski definition) is 2. The summed E-state index contributed by atoms with van der Waals surface area (Å²) >= 11 is 0. The Balaban J connectivity index is 1.76. The molecule has 2 amide bonds. The van der Waals surface area contributed by atoms with Gasteiger partial charge in [0.1, 0.15) is 11.5 Å². The molecule has 0 atom stereocenters. The number of hydrazine groups is 1. The van der Waals surface area contributed by atoms with Crippen molar-refractivity contribution in [3.05, 3.63) is 53.5 Å². The second kappa shape index (κ2) is 6.60. The van der Waals surface area contributed by atoms with Crippen molar-refractivity contribution in [1.29, 1.82) is 0 Å². The molecule has 1 aromatic heterocycles. The van der Waals surface area contributed by atoms with Crippen LogP contribution in [-0.2, 0) is 4.79 Å². The highest BCUT2D eigenvalue weighted by Gasteiger charge is 2.12. The van der Waals surface area contributed by atoms with E-state index in [1.807, 2.05) is 19.1 Å². The summed E-state index contributed by atoms with van der Waals surface area (Å²) in [6.45, 7) is 3.44. The Morgan fingerprint density at radius 3 is 2.43 bits per heavy atom. The number of furan rings is 1. The second-order valence-corrected chi connectivity index (χ2v) is 4.49. The van der Waals surface area contributed by atoms with Crippen molar-refractivity contribution in [1.82, 2.24) is 10.9 Å². The van der Waals surface area contributed by atoms with Gasteiger partial charge >= 0.3 is 0 Å². The minimum atomic E-state index is -0.454. The van der Waals surface area contributed by atoms with Gasteiger partial charge in [-0.2, -0.15) is 0 Å². The number of benzene rings is 1. The van der Waals surface area contributed by atoms with Crippen LogP contribution < -0.4 is 15.6 Å². The molecule has 0 aliphatic heterocycles. The average Bonchev–Trinajstić information content (AvgIpc) is 2.90. The summed E-state index contributed by atoms with van der Waals surface area (Å²) in [4.78, 5) is 23.3. The van der Waals surface area contributed by atoms with E-state index in [1.165, 1.54) is 12.3 Å². The van der Waals surface area contributed by atoms with Crippen molar-refractivity contribution in [2.24, 2.45) is 0 Å². The molecule has 1 heterocycles. The van der Waals surface area contributed by atoms with Crippen molar-refractivity contribution >= 4 is 11.8 Å². The first-order valence-electron chi connectivity index (χ1n) is 6.39. The fourth-order valence-corrected chi connectivity index (χ4v) is 1.63. The maximum absolute atomic E-state index is 11.7. The maximum Gasteiger partial charge on any atom is 0.276 e. The minimum absolute atomic E-state index is 0.187. The highest BCUT2D eigenvalue weighted by molar-refractivity contribution is 5.96. The van der Waals surface area contributed by atoms with Gasteiger partial charge in [-0.3, -0.25) is 20.4 Å².